The van der Waals surface area contributed by atoms with E-state index in [0.717, 1.165) is 17.2 Å². The predicted molar refractivity (Wildman–Crippen MR) is 140 cm³/mol. The first-order valence-electron chi connectivity index (χ1n) is 10.9. The third-order valence-corrected chi connectivity index (χ3v) is 5.76. The quantitative estimate of drug-likeness (QED) is 0.261. The Hall–Kier alpha value is -2.42. The van der Waals surface area contributed by atoms with Crippen molar-refractivity contribution >= 4 is 0 Å². The molecule has 0 atom stereocenters. The van der Waals surface area contributed by atoms with Crippen molar-refractivity contribution in [2.45, 2.75) is 62.3 Å². The van der Waals surface area contributed by atoms with Crippen molar-refractivity contribution in [3.8, 4) is 17.2 Å². The predicted octanol–water partition coefficient (Wildman–Crippen LogP) is 8.34. The number of ether oxygens (including phenoxy) is 3. The second-order valence-electron chi connectivity index (χ2n) is 8.55. The number of rotatable bonds is 3. The molecular weight excluding hydrogens is 472 g/mol. The van der Waals surface area contributed by atoms with E-state index in [9.17, 15) is 0 Å². The maximum atomic E-state index is 4.96. The minimum Gasteiger partial charge on any atom is -0.665 e. The average Bonchev–Trinajstić information content (AvgIpc) is 2.76. The monoisotopic (exact) mass is 510 g/mol. The molecule has 0 spiro atoms. The molecule has 3 rings (SSSR count). The van der Waals surface area contributed by atoms with Crippen molar-refractivity contribution in [1.29, 1.82) is 0 Å². The van der Waals surface area contributed by atoms with Gasteiger partial charge in [0.1, 0.15) is 0 Å². The van der Waals surface area contributed by atoms with Crippen molar-refractivity contribution in [2.24, 2.45) is 0 Å². The third kappa shape index (κ3) is 9.08. The van der Waals surface area contributed by atoms with E-state index >= 15 is 0 Å². The molecule has 3 aromatic carbocycles. The Labute approximate surface area is 218 Å². The van der Waals surface area contributed by atoms with Gasteiger partial charge in [-0.3, -0.25) is 0 Å². The molecule has 0 aliphatic carbocycles. The topological polar surface area (TPSA) is 27.7 Å². The van der Waals surface area contributed by atoms with Gasteiger partial charge in [-0.15, -0.1) is 0 Å². The van der Waals surface area contributed by atoms with Crippen LogP contribution in [0, 0.1) is 83.6 Å². The summed E-state index contributed by atoms with van der Waals surface area (Å²) in [5.41, 5.74) is 10.9. The molecule has 4 heteroatoms. The van der Waals surface area contributed by atoms with E-state index in [2.05, 4.69) is 81.1 Å². The minimum absolute atomic E-state index is 0. The molecule has 0 N–H and O–H groups in total. The molecule has 0 unspecified atom stereocenters. The first-order valence-corrected chi connectivity index (χ1v) is 10.9. The molecule has 0 aromatic heterocycles. The fourth-order valence-electron chi connectivity index (χ4n) is 3.45. The molecular formula is C30H39CuO3-3. The van der Waals surface area contributed by atoms with Gasteiger partial charge in [-0.1, -0.05) is 18.2 Å². The van der Waals surface area contributed by atoms with Crippen LogP contribution >= 0.6 is 0 Å². The van der Waals surface area contributed by atoms with Gasteiger partial charge >= 0.3 is 0 Å². The number of hydrogen-bond donors (Lipinski definition) is 0. The Morgan fingerprint density at radius 2 is 0.618 bits per heavy atom. The first-order chi connectivity index (χ1) is 15.4. The van der Waals surface area contributed by atoms with Gasteiger partial charge in [0.2, 0.25) is 0 Å². The van der Waals surface area contributed by atoms with Crippen LogP contribution in [0.3, 0.4) is 0 Å². The summed E-state index contributed by atoms with van der Waals surface area (Å²) in [5.74, 6) is 2.63. The van der Waals surface area contributed by atoms with Crippen LogP contribution in [0.2, 0.25) is 0 Å². The van der Waals surface area contributed by atoms with Crippen molar-refractivity contribution in [3.05, 3.63) is 108 Å². The Balaban J connectivity index is 0.000000473. The van der Waals surface area contributed by atoms with Crippen LogP contribution in [-0.4, -0.2) is 0 Å². The van der Waals surface area contributed by atoms with Gasteiger partial charge in [-0.2, -0.15) is 21.3 Å². The molecule has 3 nitrogen and oxygen atoms in total. The molecule has 0 saturated carbocycles. The van der Waals surface area contributed by atoms with Crippen molar-refractivity contribution in [3.63, 3.8) is 0 Å². The van der Waals surface area contributed by atoms with Gasteiger partial charge in [-0.05, 0) is 131 Å². The SMILES string of the molecule is [CH2-]Oc1cc(C)cc(C)c1C.[CH2-]Oc1cc(C)cc(C)c1C.[CH2-]Oc1cc(C)cc(C)c1C.[Cu]. The summed E-state index contributed by atoms with van der Waals surface area (Å²) >= 11 is 0. The zero-order chi connectivity index (χ0) is 25.3. The molecule has 1 radical (unpaired) electrons. The normalized spacial score (nSPS) is 9.53. The molecule has 0 saturated heterocycles. The Kier molecular flexibility index (Phi) is 13.7. The fourth-order valence-corrected chi connectivity index (χ4v) is 3.45. The van der Waals surface area contributed by atoms with Crippen LogP contribution in [0.5, 0.6) is 17.2 Å². The van der Waals surface area contributed by atoms with E-state index in [1.54, 1.807) is 0 Å². The van der Waals surface area contributed by atoms with Gasteiger partial charge in [0, 0.05) is 17.1 Å². The minimum atomic E-state index is 0. The van der Waals surface area contributed by atoms with E-state index in [0.29, 0.717) is 0 Å². The summed E-state index contributed by atoms with van der Waals surface area (Å²) in [6, 6.07) is 12.4. The van der Waals surface area contributed by atoms with Crippen LogP contribution in [0.25, 0.3) is 0 Å². The molecule has 0 amide bonds. The summed E-state index contributed by atoms with van der Waals surface area (Å²) in [6.45, 7) is 18.5. The zero-order valence-electron chi connectivity index (χ0n) is 22.1. The summed E-state index contributed by atoms with van der Waals surface area (Å²) < 4.78 is 14.9. The van der Waals surface area contributed by atoms with E-state index < -0.39 is 0 Å². The standard InChI is InChI=1S/3C10H13O.Cu/c3*1-7-5-8(2)9(3)10(6-7)11-4;/h3*5-6H,4H2,1-3H3;/q3*-1;. The molecule has 191 valence electrons. The number of benzene rings is 3. The van der Waals surface area contributed by atoms with Gasteiger partial charge < -0.3 is 14.2 Å². The Bertz CT molecular complexity index is 935. The van der Waals surface area contributed by atoms with Crippen LogP contribution in [0.15, 0.2) is 36.4 Å². The largest absolute Gasteiger partial charge is 0.665 e. The zero-order valence-corrected chi connectivity index (χ0v) is 23.1. The summed E-state index contributed by atoms with van der Waals surface area (Å²) in [5, 5.41) is 0. The summed E-state index contributed by atoms with van der Waals surface area (Å²) in [7, 11) is 10.2. The maximum absolute atomic E-state index is 4.96. The molecule has 0 heterocycles. The molecule has 3 aromatic rings. The van der Waals surface area contributed by atoms with Crippen LogP contribution in [0.1, 0.15) is 50.1 Å². The smallest absolute Gasteiger partial charge is 0.0878 e. The van der Waals surface area contributed by atoms with Gasteiger partial charge in [0.15, 0.2) is 0 Å². The molecule has 0 aliphatic rings. The first kappa shape index (κ1) is 31.6. The maximum Gasteiger partial charge on any atom is 0.0878 e. The summed E-state index contributed by atoms with van der Waals surface area (Å²) in [4.78, 5) is 0. The van der Waals surface area contributed by atoms with Gasteiger partial charge in [-0.25, -0.2) is 0 Å². The van der Waals surface area contributed by atoms with Crippen LogP contribution in [0.4, 0.5) is 0 Å². The fraction of sp³-hybridized carbons (Fsp3) is 0.300. The Morgan fingerprint density at radius 3 is 0.794 bits per heavy atom. The van der Waals surface area contributed by atoms with Crippen molar-refractivity contribution < 1.29 is 31.3 Å². The van der Waals surface area contributed by atoms with Crippen molar-refractivity contribution in [2.75, 3.05) is 0 Å². The summed E-state index contributed by atoms with van der Waals surface area (Å²) in [6.07, 6.45) is 0. The number of aryl methyl sites for hydroxylation is 6. The third-order valence-electron chi connectivity index (χ3n) is 5.76. The van der Waals surface area contributed by atoms with E-state index in [-0.39, 0.29) is 17.1 Å². The second-order valence-corrected chi connectivity index (χ2v) is 8.55. The van der Waals surface area contributed by atoms with E-state index in [4.69, 9.17) is 14.2 Å². The Morgan fingerprint density at radius 1 is 0.412 bits per heavy atom. The van der Waals surface area contributed by atoms with Crippen LogP contribution < -0.4 is 14.2 Å². The number of hydrogen-bond acceptors (Lipinski definition) is 3. The van der Waals surface area contributed by atoms with Crippen LogP contribution in [-0.2, 0) is 17.1 Å². The van der Waals surface area contributed by atoms with Gasteiger partial charge in [0.25, 0.3) is 0 Å². The second kappa shape index (κ2) is 14.8. The van der Waals surface area contributed by atoms with Crippen molar-refractivity contribution in [1.82, 2.24) is 0 Å². The molecule has 34 heavy (non-hydrogen) atoms. The van der Waals surface area contributed by atoms with E-state index in [1.807, 2.05) is 39.0 Å². The average molecular weight is 511 g/mol. The molecule has 0 fully saturated rings. The molecule has 0 aliphatic heterocycles. The molecule has 0 bridgehead atoms. The van der Waals surface area contributed by atoms with E-state index in [1.165, 1.54) is 50.1 Å². The van der Waals surface area contributed by atoms with Gasteiger partial charge in [0.05, 0.1) is 17.2 Å².